The summed E-state index contributed by atoms with van der Waals surface area (Å²) >= 11 is 0. The highest BCUT2D eigenvalue weighted by molar-refractivity contribution is 5.94. The zero-order valence-corrected chi connectivity index (χ0v) is 38.3. The van der Waals surface area contributed by atoms with Crippen molar-refractivity contribution in [3.05, 3.63) is 165 Å². The van der Waals surface area contributed by atoms with Crippen LogP contribution in [0.2, 0.25) is 0 Å². The standard InChI is InChI=1S/C51H58N2O12/c1-31(2)45(54)60-23-21-52-49(58)64-41(37-17-13-11-14-18-37)29-62-47(56)43-33(5)25-39(26-34(43)6)51(9,10)40-27-35(7)44(36(8)28-40)48(57)63-30-42(38-19-15-12-16-20-38)65-50(59)53-22-24-61-46(55)32(3)4/h11-20,25-28,41-42H,1,3,21-24,29-30H2,2,4-10H3,(H,52,58)(H,53,59). The van der Waals surface area contributed by atoms with Crippen molar-refractivity contribution in [3.8, 4) is 0 Å². The van der Waals surface area contributed by atoms with Crippen molar-refractivity contribution >= 4 is 36.1 Å². The zero-order chi connectivity index (χ0) is 47.8. The predicted octanol–water partition coefficient (Wildman–Crippen LogP) is 8.73. The number of amides is 2. The normalized spacial score (nSPS) is 11.8. The first-order chi connectivity index (χ1) is 30.8. The van der Waals surface area contributed by atoms with Crippen LogP contribution < -0.4 is 10.6 Å². The zero-order valence-electron chi connectivity index (χ0n) is 38.3. The fraction of sp³-hybridized carbons (Fsp3) is 0.333. The van der Waals surface area contributed by atoms with E-state index in [0.29, 0.717) is 44.5 Å². The highest BCUT2D eigenvalue weighted by Gasteiger charge is 2.29. The third-order valence-corrected chi connectivity index (χ3v) is 10.4. The molecule has 0 saturated heterocycles. The summed E-state index contributed by atoms with van der Waals surface area (Å²) in [5.41, 5.74) is 6.45. The third-order valence-electron chi connectivity index (χ3n) is 10.4. The second kappa shape index (κ2) is 23.5. The molecule has 14 nitrogen and oxygen atoms in total. The average molecular weight is 891 g/mol. The van der Waals surface area contributed by atoms with E-state index in [2.05, 4.69) is 37.6 Å². The van der Waals surface area contributed by atoms with Gasteiger partial charge in [-0.3, -0.25) is 0 Å². The van der Waals surface area contributed by atoms with Crippen LogP contribution in [-0.4, -0.2) is 75.6 Å². The fourth-order valence-corrected chi connectivity index (χ4v) is 6.82. The van der Waals surface area contributed by atoms with Crippen LogP contribution in [0.4, 0.5) is 9.59 Å². The van der Waals surface area contributed by atoms with Gasteiger partial charge in [-0.2, -0.15) is 0 Å². The topological polar surface area (TPSA) is 182 Å². The highest BCUT2D eigenvalue weighted by atomic mass is 16.6. The van der Waals surface area contributed by atoms with Gasteiger partial charge < -0.3 is 39.1 Å². The number of aryl methyl sites for hydroxylation is 4. The summed E-state index contributed by atoms with van der Waals surface area (Å²) in [7, 11) is 0. The molecule has 0 aliphatic carbocycles. The number of hydrogen-bond donors (Lipinski definition) is 2. The number of alkyl carbamates (subject to hydrolysis) is 2. The fourth-order valence-electron chi connectivity index (χ4n) is 6.82. The van der Waals surface area contributed by atoms with E-state index in [1.807, 2.05) is 64.1 Å². The van der Waals surface area contributed by atoms with Gasteiger partial charge in [0.1, 0.15) is 26.4 Å². The Morgan fingerprint density at radius 2 is 0.862 bits per heavy atom. The number of carbonyl (C=O) groups excluding carboxylic acids is 6. The maximum absolute atomic E-state index is 13.7. The van der Waals surface area contributed by atoms with Crippen LogP contribution in [0.15, 0.2) is 109 Å². The first-order valence-electron chi connectivity index (χ1n) is 21.0. The monoisotopic (exact) mass is 890 g/mol. The molecule has 0 aliphatic rings. The van der Waals surface area contributed by atoms with Gasteiger partial charge in [0.05, 0.1) is 24.2 Å². The molecule has 2 unspecified atom stereocenters. The minimum Gasteiger partial charge on any atom is -0.460 e. The van der Waals surface area contributed by atoms with Crippen molar-refractivity contribution in [3.63, 3.8) is 0 Å². The largest absolute Gasteiger partial charge is 0.460 e. The van der Waals surface area contributed by atoms with Gasteiger partial charge in [0.15, 0.2) is 12.2 Å². The molecule has 0 heterocycles. The molecule has 4 aromatic rings. The molecule has 4 aromatic carbocycles. The van der Waals surface area contributed by atoms with Crippen molar-refractivity contribution in [1.29, 1.82) is 0 Å². The van der Waals surface area contributed by atoms with Crippen LogP contribution in [0.3, 0.4) is 0 Å². The van der Waals surface area contributed by atoms with Gasteiger partial charge in [-0.1, -0.05) is 112 Å². The summed E-state index contributed by atoms with van der Waals surface area (Å²) in [5, 5.41) is 5.07. The Balaban J connectivity index is 1.44. The lowest BCUT2D eigenvalue weighted by Gasteiger charge is -2.29. The molecular formula is C51H58N2O12. The molecule has 0 fully saturated rings. The van der Waals surface area contributed by atoms with Crippen molar-refractivity contribution < 1.29 is 57.2 Å². The van der Waals surface area contributed by atoms with E-state index in [1.54, 1.807) is 48.5 Å². The van der Waals surface area contributed by atoms with E-state index < -0.39 is 53.7 Å². The summed E-state index contributed by atoms with van der Waals surface area (Å²) in [6, 6.07) is 25.5. The van der Waals surface area contributed by atoms with E-state index in [-0.39, 0.29) is 50.7 Å². The Kier molecular flexibility index (Phi) is 18.2. The summed E-state index contributed by atoms with van der Waals surface area (Å²) in [5.74, 6) is -2.31. The maximum Gasteiger partial charge on any atom is 0.407 e. The second-order valence-electron chi connectivity index (χ2n) is 16.1. The Hall–Kier alpha value is -7.22. The number of ether oxygens (including phenoxy) is 6. The number of hydrogen-bond acceptors (Lipinski definition) is 12. The van der Waals surface area contributed by atoms with Crippen LogP contribution in [0.5, 0.6) is 0 Å². The molecule has 14 heteroatoms. The minimum atomic E-state index is -0.924. The molecule has 0 radical (unpaired) electrons. The van der Waals surface area contributed by atoms with E-state index in [1.165, 1.54) is 13.8 Å². The maximum atomic E-state index is 13.7. The quantitative estimate of drug-likeness (QED) is 0.0373. The highest BCUT2D eigenvalue weighted by Crippen LogP contribution is 2.36. The number of nitrogens with one attached hydrogen (secondary N) is 2. The third kappa shape index (κ3) is 14.4. The molecule has 2 N–H and O–H groups in total. The van der Waals surface area contributed by atoms with Crippen LogP contribution in [0.25, 0.3) is 0 Å². The van der Waals surface area contributed by atoms with Crippen LogP contribution >= 0.6 is 0 Å². The van der Waals surface area contributed by atoms with Gasteiger partial charge in [-0.15, -0.1) is 0 Å². The number of benzene rings is 4. The molecule has 0 aromatic heterocycles. The van der Waals surface area contributed by atoms with Gasteiger partial charge in [0.25, 0.3) is 0 Å². The average Bonchev–Trinajstić information content (AvgIpc) is 3.26. The molecule has 4 rings (SSSR count). The Morgan fingerprint density at radius 1 is 0.538 bits per heavy atom. The van der Waals surface area contributed by atoms with Crippen LogP contribution in [0.1, 0.15) is 105 Å². The van der Waals surface area contributed by atoms with Crippen molar-refractivity contribution in [2.75, 3.05) is 39.5 Å². The molecule has 2 atom stereocenters. The van der Waals surface area contributed by atoms with Crippen LogP contribution in [0, 0.1) is 27.7 Å². The van der Waals surface area contributed by atoms with Crippen molar-refractivity contribution in [2.45, 2.75) is 73.0 Å². The Morgan fingerprint density at radius 3 is 1.17 bits per heavy atom. The van der Waals surface area contributed by atoms with Crippen LogP contribution in [-0.2, 0) is 43.4 Å². The first kappa shape index (κ1) is 50.4. The minimum absolute atomic E-state index is 0.00571. The molecule has 2 amide bonds. The smallest absolute Gasteiger partial charge is 0.407 e. The first-order valence-corrected chi connectivity index (χ1v) is 21.0. The summed E-state index contributed by atoms with van der Waals surface area (Å²) in [4.78, 5) is 76.0. The SMILES string of the molecule is C=C(C)C(=O)OCCNC(=O)OC(COC(=O)c1c(C)cc(C(C)(C)c2cc(C)c(C(=O)OCC(OC(=O)NCCOC(=O)C(=C)C)c3ccccc3)c(C)c2)cc1C)c1ccccc1. The lowest BCUT2D eigenvalue weighted by molar-refractivity contribution is -0.139. The van der Waals surface area contributed by atoms with Gasteiger partial charge >= 0.3 is 36.1 Å². The van der Waals surface area contributed by atoms with Gasteiger partial charge in [0, 0.05) is 16.6 Å². The molecule has 0 aliphatic heterocycles. The van der Waals surface area contributed by atoms with E-state index in [9.17, 15) is 28.8 Å². The van der Waals surface area contributed by atoms with E-state index in [0.717, 1.165) is 11.1 Å². The van der Waals surface area contributed by atoms with Gasteiger partial charge in [-0.05, 0) is 86.1 Å². The second-order valence-corrected chi connectivity index (χ2v) is 16.1. The molecule has 344 valence electrons. The lowest BCUT2D eigenvalue weighted by atomic mass is 9.75. The molecule has 0 spiro atoms. The number of esters is 4. The van der Waals surface area contributed by atoms with Crippen molar-refractivity contribution in [1.82, 2.24) is 10.6 Å². The van der Waals surface area contributed by atoms with Gasteiger partial charge in [-0.25, -0.2) is 28.8 Å². The predicted molar refractivity (Wildman–Crippen MR) is 243 cm³/mol. The van der Waals surface area contributed by atoms with E-state index >= 15 is 0 Å². The summed E-state index contributed by atoms with van der Waals surface area (Å²) in [6.45, 7) is 20.9. The Bertz CT molecular complexity index is 2180. The lowest BCUT2D eigenvalue weighted by Crippen LogP contribution is -2.31. The number of rotatable bonds is 20. The van der Waals surface area contributed by atoms with Gasteiger partial charge in [0.2, 0.25) is 0 Å². The Labute approximate surface area is 380 Å². The summed E-state index contributed by atoms with van der Waals surface area (Å²) < 4.78 is 32.8. The van der Waals surface area contributed by atoms with Crippen molar-refractivity contribution in [2.24, 2.45) is 0 Å². The van der Waals surface area contributed by atoms with E-state index in [4.69, 9.17) is 28.4 Å². The molecule has 0 saturated carbocycles. The molecular weight excluding hydrogens is 833 g/mol. The summed E-state index contributed by atoms with van der Waals surface area (Å²) in [6.07, 6.45) is -3.41. The molecule has 65 heavy (non-hydrogen) atoms. The number of carbonyl (C=O) groups is 6. The molecule has 0 bridgehead atoms.